The molecule has 6 nitrogen and oxygen atoms in total. The van der Waals surface area contributed by atoms with E-state index in [4.69, 9.17) is 21.4 Å². The summed E-state index contributed by atoms with van der Waals surface area (Å²) < 4.78 is 5.35. The fraction of sp³-hybridized carbons (Fsp3) is 0.545. The van der Waals surface area contributed by atoms with Gasteiger partial charge in [0, 0.05) is 12.1 Å². The van der Waals surface area contributed by atoms with Gasteiger partial charge in [0.05, 0.1) is 19.3 Å². The largest absolute Gasteiger partial charge is 0.476 e. The number of carboxylic acid groups (broad SMARTS) is 1. The number of carboxylic acids is 1. The molecular formula is C11H14ClN3O3. The maximum absolute atomic E-state index is 11.1. The Balaban J connectivity index is 2.46. The van der Waals surface area contributed by atoms with Crippen molar-refractivity contribution in [2.75, 3.05) is 24.7 Å². The number of hydrogen-bond acceptors (Lipinski definition) is 5. The van der Waals surface area contributed by atoms with Crippen LogP contribution in [0.15, 0.2) is 0 Å². The van der Waals surface area contributed by atoms with Crippen molar-refractivity contribution in [2.24, 2.45) is 0 Å². The molecule has 1 saturated heterocycles. The number of hydrogen-bond donors (Lipinski definition) is 1. The molecule has 2 rings (SSSR count). The van der Waals surface area contributed by atoms with E-state index in [1.54, 1.807) is 6.92 Å². The van der Waals surface area contributed by atoms with E-state index in [0.717, 1.165) is 0 Å². The molecule has 1 aliphatic heterocycles. The third kappa shape index (κ3) is 2.39. The van der Waals surface area contributed by atoms with E-state index in [2.05, 4.69) is 9.97 Å². The second-order valence-electron chi connectivity index (χ2n) is 4.21. The Hall–Kier alpha value is -1.40. The molecule has 0 spiro atoms. The first kappa shape index (κ1) is 13.0. The first-order valence-corrected chi connectivity index (χ1v) is 6.00. The molecule has 1 aliphatic rings. The van der Waals surface area contributed by atoms with Crippen LogP contribution in [0.4, 0.5) is 5.82 Å². The van der Waals surface area contributed by atoms with Crippen LogP contribution in [-0.2, 0) is 4.74 Å². The molecule has 1 N–H and O–H groups in total. The summed E-state index contributed by atoms with van der Waals surface area (Å²) in [6.07, 6.45) is 0. The van der Waals surface area contributed by atoms with E-state index in [1.165, 1.54) is 0 Å². The number of rotatable bonds is 2. The predicted molar refractivity (Wildman–Crippen MR) is 66.4 cm³/mol. The van der Waals surface area contributed by atoms with Crippen molar-refractivity contribution < 1.29 is 14.6 Å². The molecule has 0 bridgehead atoms. The minimum absolute atomic E-state index is 0.0494. The molecule has 0 saturated carbocycles. The summed E-state index contributed by atoms with van der Waals surface area (Å²) in [4.78, 5) is 21.0. The molecule has 1 aromatic heterocycles. The van der Waals surface area contributed by atoms with E-state index >= 15 is 0 Å². The number of morpholine rings is 1. The number of carbonyl (C=O) groups is 1. The van der Waals surface area contributed by atoms with Gasteiger partial charge in [-0.1, -0.05) is 0 Å². The van der Waals surface area contributed by atoms with Gasteiger partial charge >= 0.3 is 5.97 Å². The summed E-state index contributed by atoms with van der Waals surface area (Å²) in [5.41, 5.74) is 0.476. The molecule has 1 fully saturated rings. The van der Waals surface area contributed by atoms with E-state index < -0.39 is 5.97 Å². The number of aromatic carboxylic acids is 1. The summed E-state index contributed by atoms with van der Waals surface area (Å²) in [5, 5.41) is 9.04. The topological polar surface area (TPSA) is 75.5 Å². The Kier molecular flexibility index (Phi) is 3.68. The van der Waals surface area contributed by atoms with Crippen LogP contribution >= 0.6 is 11.6 Å². The van der Waals surface area contributed by atoms with E-state index in [0.29, 0.717) is 31.1 Å². The van der Waals surface area contributed by atoms with Crippen LogP contribution in [0.2, 0.25) is 5.28 Å². The van der Waals surface area contributed by atoms with Gasteiger partial charge in [0.1, 0.15) is 5.82 Å². The first-order chi connectivity index (χ1) is 8.50. The van der Waals surface area contributed by atoms with E-state index in [9.17, 15) is 4.79 Å². The van der Waals surface area contributed by atoms with Gasteiger partial charge in [-0.3, -0.25) is 0 Å². The lowest BCUT2D eigenvalue weighted by molar-refractivity contribution is 0.0689. The molecule has 0 radical (unpaired) electrons. The molecule has 7 heteroatoms. The van der Waals surface area contributed by atoms with Crippen molar-refractivity contribution >= 4 is 23.4 Å². The highest BCUT2D eigenvalue weighted by atomic mass is 35.5. The Morgan fingerprint density at radius 3 is 2.89 bits per heavy atom. The van der Waals surface area contributed by atoms with Crippen molar-refractivity contribution in [3.05, 3.63) is 16.5 Å². The zero-order valence-electron chi connectivity index (χ0n) is 10.2. The van der Waals surface area contributed by atoms with Crippen LogP contribution in [0, 0.1) is 6.92 Å². The lowest BCUT2D eigenvalue weighted by Gasteiger charge is -2.35. The number of anilines is 1. The minimum Gasteiger partial charge on any atom is -0.476 e. The van der Waals surface area contributed by atoms with Crippen LogP contribution in [0.1, 0.15) is 23.0 Å². The van der Waals surface area contributed by atoms with Gasteiger partial charge in [-0.05, 0) is 25.4 Å². The summed E-state index contributed by atoms with van der Waals surface area (Å²) in [5.74, 6) is -0.526. The number of halogens is 1. The van der Waals surface area contributed by atoms with Gasteiger partial charge in [-0.15, -0.1) is 0 Å². The van der Waals surface area contributed by atoms with E-state index in [1.807, 2.05) is 11.8 Å². The third-order valence-electron chi connectivity index (χ3n) is 2.94. The highest BCUT2D eigenvalue weighted by molar-refractivity contribution is 6.28. The standard InChI is InChI=1S/C11H14ClN3O3/c1-6-5-18-4-3-15(6)9-7(2)8(10(16)17)13-11(12)14-9/h6H,3-5H2,1-2H3,(H,16,17). The van der Waals surface area contributed by atoms with Gasteiger partial charge in [0.2, 0.25) is 5.28 Å². The molecule has 1 aromatic rings. The van der Waals surface area contributed by atoms with Crippen LogP contribution in [-0.4, -0.2) is 46.8 Å². The van der Waals surface area contributed by atoms with Crippen LogP contribution < -0.4 is 4.90 Å². The van der Waals surface area contributed by atoms with Gasteiger partial charge < -0.3 is 14.7 Å². The SMILES string of the molecule is Cc1c(C(=O)O)nc(Cl)nc1N1CCOCC1C. The quantitative estimate of drug-likeness (QED) is 0.819. The Morgan fingerprint density at radius 2 is 2.28 bits per heavy atom. The zero-order valence-corrected chi connectivity index (χ0v) is 10.9. The molecule has 98 valence electrons. The Bertz CT molecular complexity index is 481. The zero-order chi connectivity index (χ0) is 13.3. The van der Waals surface area contributed by atoms with Crippen molar-refractivity contribution in [1.82, 2.24) is 9.97 Å². The lowest BCUT2D eigenvalue weighted by atomic mass is 10.2. The number of nitrogens with zero attached hydrogens (tertiary/aromatic N) is 3. The lowest BCUT2D eigenvalue weighted by Crippen LogP contribution is -2.44. The molecule has 0 aliphatic carbocycles. The molecule has 18 heavy (non-hydrogen) atoms. The maximum Gasteiger partial charge on any atom is 0.355 e. The van der Waals surface area contributed by atoms with Gasteiger partial charge in [-0.25, -0.2) is 14.8 Å². The van der Waals surface area contributed by atoms with Gasteiger partial charge in [-0.2, -0.15) is 0 Å². The maximum atomic E-state index is 11.1. The summed E-state index contributed by atoms with van der Waals surface area (Å²) in [7, 11) is 0. The molecule has 1 unspecified atom stereocenters. The third-order valence-corrected chi connectivity index (χ3v) is 3.10. The highest BCUT2D eigenvalue weighted by Gasteiger charge is 2.25. The second kappa shape index (κ2) is 5.07. The van der Waals surface area contributed by atoms with Crippen LogP contribution in [0.3, 0.4) is 0 Å². The van der Waals surface area contributed by atoms with Crippen molar-refractivity contribution in [3.63, 3.8) is 0 Å². The smallest absolute Gasteiger partial charge is 0.355 e. The fourth-order valence-corrected chi connectivity index (χ4v) is 2.17. The molecule has 0 aromatic carbocycles. The molecule has 2 heterocycles. The van der Waals surface area contributed by atoms with Gasteiger partial charge in [0.25, 0.3) is 0 Å². The predicted octanol–water partition coefficient (Wildman–Crippen LogP) is 1.36. The van der Waals surface area contributed by atoms with Gasteiger partial charge in [0.15, 0.2) is 5.69 Å². The molecule has 0 amide bonds. The van der Waals surface area contributed by atoms with Crippen LogP contribution in [0.5, 0.6) is 0 Å². The Labute approximate surface area is 110 Å². The average molecular weight is 272 g/mol. The summed E-state index contributed by atoms with van der Waals surface area (Å²) >= 11 is 5.79. The first-order valence-electron chi connectivity index (χ1n) is 5.62. The minimum atomic E-state index is -1.10. The van der Waals surface area contributed by atoms with Crippen molar-refractivity contribution in [2.45, 2.75) is 19.9 Å². The monoisotopic (exact) mass is 271 g/mol. The average Bonchev–Trinajstić information content (AvgIpc) is 2.32. The summed E-state index contributed by atoms with van der Waals surface area (Å²) in [6.45, 7) is 5.53. The van der Waals surface area contributed by atoms with E-state index in [-0.39, 0.29) is 17.0 Å². The Morgan fingerprint density at radius 1 is 1.56 bits per heavy atom. The van der Waals surface area contributed by atoms with Crippen molar-refractivity contribution in [1.29, 1.82) is 0 Å². The van der Waals surface area contributed by atoms with Crippen LogP contribution in [0.25, 0.3) is 0 Å². The molecular weight excluding hydrogens is 258 g/mol. The number of ether oxygens (including phenoxy) is 1. The summed E-state index contributed by atoms with van der Waals surface area (Å²) in [6, 6.07) is 0.130. The normalized spacial score (nSPS) is 19.9. The second-order valence-corrected chi connectivity index (χ2v) is 4.55. The fourth-order valence-electron chi connectivity index (χ4n) is 2.01. The molecule has 1 atom stereocenters. The van der Waals surface area contributed by atoms with Crippen molar-refractivity contribution in [3.8, 4) is 0 Å². The highest BCUT2D eigenvalue weighted by Crippen LogP contribution is 2.25. The number of aromatic nitrogens is 2.